The number of epoxide rings is 1. The van der Waals surface area contributed by atoms with E-state index < -0.39 is 23.3 Å². The molecule has 0 aliphatic carbocycles. The van der Waals surface area contributed by atoms with Gasteiger partial charge in [-0.05, 0) is 34.7 Å². The summed E-state index contributed by atoms with van der Waals surface area (Å²) < 4.78 is 36.5. The first-order valence-corrected chi connectivity index (χ1v) is 9.01. The highest BCUT2D eigenvalue weighted by Gasteiger charge is 2.60. The summed E-state index contributed by atoms with van der Waals surface area (Å²) in [6.45, 7) is 0.351. The third-order valence-electron chi connectivity index (χ3n) is 4.34. The third-order valence-corrected chi connectivity index (χ3v) is 5.58. The molecule has 1 saturated heterocycles. The van der Waals surface area contributed by atoms with Crippen molar-refractivity contribution in [1.82, 2.24) is 9.55 Å². The van der Waals surface area contributed by atoms with E-state index >= 15 is 0 Å². The maximum atomic E-state index is 14.5. The Bertz CT molecular complexity index is 948. The quantitative estimate of drug-likeness (QED) is 0.391. The lowest BCUT2D eigenvalue weighted by Crippen LogP contribution is -2.21. The van der Waals surface area contributed by atoms with Gasteiger partial charge in [-0.3, -0.25) is 0 Å². The van der Waals surface area contributed by atoms with Crippen LogP contribution in [-0.2, 0) is 16.9 Å². The van der Waals surface area contributed by atoms with Crippen LogP contribution in [0.4, 0.5) is 8.78 Å². The van der Waals surface area contributed by atoms with Crippen molar-refractivity contribution in [2.75, 3.05) is 0 Å². The van der Waals surface area contributed by atoms with Gasteiger partial charge in [0.15, 0.2) is 3.83 Å². The van der Waals surface area contributed by atoms with E-state index in [-0.39, 0.29) is 0 Å². The smallest absolute Gasteiger partial charge is 0.171 e. The van der Waals surface area contributed by atoms with Gasteiger partial charge in [0, 0.05) is 34.6 Å². The molecule has 2 heterocycles. The molecule has 0 amide bonds. The van der Waals surface area contributed by atoms with E-state index in [4.69, 9.17) is 16.3 Å². The van der Waals surface area contributed by atoms with Crippen LogP contribution >= 0.6 is 34.2 Å². The molecule has 3 nitrogen and oxygen atoms in total. The second-order valence-electron chi connectivity index (χ2n) is 5.86. The van der Waals surface area contributed by atoms with Crippen LogP contribution in [0.3, 0.4) is 0 Å². The molecule has 0 radical (unpaired) electrons. The molecule has 128 valence electrons. The lowest BCUT2D eigenvalue weighted by molar-refractivity contribution is 0.262. The first-order valence-electron chi connectivity index (χ1n) is 7.56. The van der Waals surface area contributed by atoms with Gasteiger partial charge in [-0.1, -0.05) is 35.9 Å². The van der Waals surface area contributed by atoms with Crippen LogP contribution in [0.25, 0.3) is 0 Å². The SMILES string of the molecule is Fc1ccc([C@]2(Cn3ccnc3I)O[C@@H]2c2ccccc2Cl)c(F)c1. The number of hydrogen-bond acceptors (Lipinski definition) is 2. The molecule has 2 atom stereocenters. The van der Waals surface area contributed by atoms with E-state index in [1.807, 2.05) is 22.8 Å². The lowest BCUT2D eigenvalue weighted by atomic mass is 9.91. The van der Waals surface area contributed by atoms with E-state index in [0.717, 1.165) is 15.5 Å². The summed E-state index contributed by atoms with van der Waals surface area (Å²) in [4.78, 5) is 4.19. The highest BCUT2D eigenvalue weighted by molar-refractivity contribution is 14.1. The van der Waals surface area contributed by atoms with Gasteiger partial charge in [0.05, 0.1) is 6.54 Å². The summed E-state index contributed by atoms with van der Waals surface area (Å²) in [6.07, 6.45) is 3.05. The Morgan fingerprint density at radius 1 is 1.24 bits per heavy atom. The Balaban J connectivity index is 1.80. The first kappa shape index (κ1) is 16.9. The van der Waals surface area contributed by atoms with E-state index in [0.29, 0.717) is 17.1 Å². The van der Waals surface area contributed by atoms with Gasteiger partial charge in [-0.2, -0.15) is 0 Å². The predicted molar refractivity (Wildman–Crippen MR) is 98.3 cm³/mol. The molecule has 1 aliphatic rings. The van der Waals surface area contributed by atoms with Gasteiger partial charge in [0.2, 0.25) is 0 Å². The van der Waals surface area contributed by atoms with Crippen molar-refractivity contribution in [1.29, 1.82) is 0 Å². The molecule has 1 aromatic heterocycles. The summed E-state index contributed by atoms with van der Waals surface area (Å²) in [5.41, 5.74) is 0.134. The Labute approximate surface area is 161 Å². The highest BCUT2D eigenvalue weighted by Crippen LogP contribution is 2.59. The van der Waals surface area contributed by atoms with E-state index in [1.54, 1.807) is 18.5 Å². The topological polar surface area (TPSA) is 30.4 Å². The molecule has 4 rings (SSSR count). The number of halogens is 4. The van der Waals surface area contributed by atoms with Gasteiger partial charge in [0.25, 0.3) is 0 Å². The van der Waals surface area contributed by atoms with E-state index in [9.17, 15) is 8.78 Å². The average molecular weight is 473 g/mol. The number of nitrogens with zero attached hydrogens (tertiary/aromatic N) is 2. The standard InChI is InChI=1S/C18H12ClF2IN2O/c19-14-4-2-1-3-12(14)16-18(25-16,10-24-8-7-23-17(24)22)13-6-5-11(20)9-15(13)21/h1-9,16H,10H2/t16-,18+/m1/s1. The first-order chi connectivity index (χ1) is 12.0. The second-order valence-corrected chi connectivity index (χ2v) is 7.23. The molecule has 0 saturated carbocycles. The van der Waals surface area contributed by atoms with Crippen LogP contribution in [-0.4, -0.2) is 9.55 Å². The van der Waals surface area contributed by atoms with Crippen molar-refractivity contribution in [3.8, 4) is 0 Å². The van der Waals surface area contributed by atoms with E-state index in [2.05, 4.69) is 27.6 Å². The molecule has 0 bridgehead atoms. The zero-order valence-electron chi connectivity index (χ0n) is 12.8. The molecular weight excluding hydrogens is 461 g/mol. The number of benzene rings is 2. The predicted octanol–water partition coefficient (Wildman–Crippen LogP) is 5.09. The molecule has 0 unspecified atom stereocenters. The summed E-state index contributed by atoms with van der Waals surface area (Å²) in [6, 6.07) is 10.9. The van der Waals surface area contributed by atoms with Crippen molar-refractivity contribution in [2.24, 2.45) is 0 Å². The molecule has 2 aromatic carbocycles. The minimum absolute atomic E-state index is 0.309. The van der Waals surface area contributed by atoms with Crippen LogP contribution in [0, 0.1) is 15.5 Å². The fraction of sp³-hybridized carbons (Fsp3) is 0.167. The molecule has 7 heteroatoms. The molecule has 0 N–H and O–H groups in total. The van der Waals surface area contributed by atoms with Crippen molar-refractivity contribution in [2.45, 2.75) is 18.2 Å². The Morgan fingerprint density at radius 3 is 2.72 bits per heavy atom. The van der Waals surface area contributed by atoms with Crippen LogP contribution < -0.4 is 0 Å². The maximum absolute atomic E-state index is 14.5. The monoisotopic (exact) mass is 472 g/mol. The molecule has 3 aromatic rings. The van der Waals surface area contributed by atoms with Gasteiger partial charge in [-0.15, -0.1) is 0 Å². The van der Waals surface area contributed by atoms with Crippen molar-refractivity contribution in [3.63, 3.8) is 0 Å². The summed E-state index contributed by atoms with van der Waals surface area (Å²) in [7, 11) is 0. The van der Waals surface area contributed by atoms with Crippen LogP contribution in [0.1, 0.15) is 17.2 Å². The van der Waals surface area contributed by atoms with E-state index in [1.165, 1.54) is 12.1 Å². The largest absolute Gasteiger partial charge is 0.354 e. The zero-order valence-corrected chi connectivity index (χ0v) is 15.7. The fourth-order valence-corrected chi connectivity index (χ4v) is 3.83. The molecule has 25 heavy (non-hydrogen) atoms. The highest BCUT2D eigenvalue weighted by atomic mass is 127. The molecule has 1 aliphatic heterocycles. The van der Waals surface area contributed by atoms with Crippen LogP contribution in [0.15, 0.2) is 54.9 Å². The molecule has 0 spiro atoms. The number of rotatable bonds is 4. The number of aromatic nitrogens is 2. The Morgan fingerprint density at radius 2 is 2.04 bits per heavy atom. The summed E-state index contributed by atoms with van der Waals surface area (Å²) in [5.74, 6) is -1.26. The number of hydrogen-bond donors (Lipinski definition) is 0. The minimum Gasteiger partial charge on any atom is -0.354 e. The molecular formula is C18H12ClF2IN2O. The normalized spacial score (nSPS) is 22.2. The summed E-state index contributed by atoms with van der Waals surface area (Å²) in [5, 5.41) is 0.553. The zero-order chi connectivity index (χ0) is 17.6. The van der Waals surface area contributed by atoms with Crippen LogP contribution in [0.2, 0.25) is 5.02 Å². The average Bonchev–Trinajstić information content (AvgIpc) is 3.14. The number of imidazole rings is 1. The van der Waals surface area contributed by atoms with Crippen molar-refractivity contribution < 1.29 is 13.5 Å². The van der Waals surface area contributed by atoms with Gasteiger partial charge in [-0.25, -0.2) is 13.8 Å². The van der Waals surface area contributed by atoms with Crippen molar-refractivity contribution >= 4 is 34.2 Å². The lowest BCUT2D eigenvalue weighted by Gasteiger charge is -2.16. The third kappa shape index (κ3) is 2.96. The Kier molecular flexibility index (Phi) is 4.29. The van der Waals surface area contributed by atoms with Gasteiger partial charge < -0.3 is 9.30 Å². The maximum Gasteiger partial charge on any atom is 0.171 e. The summed E-state index contributed by atoms with van der Waals surface area (Å²) >= 11 is 8.40. The van der Waals surface area contributed by atoms with Crippen molar-refractivity contribution in [3.05, 3.63) is 86.5 Å². The van der Waals surface area contributed by atoms with Gasteiger partial charge >= 0.3 is 0 Å². The number of ether oxygens (including phenoxy) is 1. The minimum atomic E-state index is -0.955. The van der Waals surface area contributed by atoms with Gasteiger partial charge in [0.1, 0.15) is 23.3 Å². The van der Waals surface area contributed by atoms with Crippen LogP contribution in [0.5, 0.6) is 0 Å². The molecule has 1 fully saturated rings. The fourth-order valence-electron chi connectivity index (χ4n) is 3.10. The Hall–Kier alpha value is -1.51. The second kappa shape index (κ2) is 6.34.